The third-order valence-electron chi connectivity index (χ3n) is 3.81. The van der Waals surface area contributed by atoms with Gasteiger partial charge in [-0.15, -0.1) is 0 Å². The van der Waals surface area contributed by atoms with Crippen molar-refractivity contribution >= 4 is 17.7 Å². The summed E-state index contributed by atoms with van der Waals surface area (Å²) >= 11 is 1.88. The van der Waals surface area contributed by atoms with Gasteiger partial charge in [-0.25, -0.2) is 0 Å². The molecule has 104 valence electrons. The second kappa shape index (κ2) is 6.39. The van der Waals surface area contributed by atoms with Gasteiger partial charge in [-0.3, -0.25) is 9.78 Å². The predicted molar refractivity (Wildman–Crippen MR) is 79.2 cm³/mol. The molecule has 1 aliphatic carbocycles. The summed E-state index contributed by atoms with van der Waals surface area (Å²) in [4.78, 5) is 16.2. The molecule has 2 rings (SSSR count). The van der Waals surface area contributed by atoms with Crippen molar-refractivity contribution in [3.05, 3.63) is 29.6 Å². The van der Waals surface area contributed by atoms with Crippen LogP contribution in [0.1, 0.15) is 41.7 Å². The number of hydrogen-bond donors (Lipinski definition) is 2. The summed E-state index contributed by atoms with van der Waals surface area (Å²) < 4.78 is 0.236. The summed E-state index contributed by atoms with van der Waals surface area (Å²) in [7, 11) is 0. The van der Waals surface area contributed by atoms with Gasteiger partial charge < -0.3 is 11.1 Å². The SMILES string of the molecule is CSC1(CNC(=O)c2ccnc(CN)c2)CCCC1. The quantitative estimate of drug-likeness (QED) is 0.864. The fourth-order valence-corrected chi connectivity index (χ4v) is 3.46. The second-order valence-electron chi connectivity index (χ2n) is 5.02. The van der Waals surface area contributed by atoms with Crippen molar-refractivity contribution in [2.75, 3.05) is 12.8 Å². The van der Waals surface area contributed by atoms with Crippen molar-refractivity contribution in [2.24, 2.45) is 5.73 Å². The Labute approximate surface area is 118 Å². The van der Waals surface area contributed by atoms with E-state index in [0.717, 1.165) is 12.2 Å². The molecule has 0 bridgehead atoms. The number of carbonyl (C=O) groups is 1. The average molecular weight is 279 g/mol. The monoisotopic (exact) mass is 279 g/mol. The Morgan fingerprint density at radius 3 is 2.89 bits per heavy atom. The molecule has 1 saturated carbocycles. The molecule has 1 heterocycles. The molecular weight excluding hydrogens is 258 g/mol. The summed E-state index contributed by atoms with van der Waals surface area (Å²) in [5, 5.41) is 3.06. The third-order valence-corrected chi connectivity index (χ3v) is 5.23. The summed E-state index contributed by atoms with van der Waals surface area (Å²) in [6.07, 6.45) is 8.69. The van der Waals surface area contributed by atoms with Crippen LogP contribution in [0.15, 0.2) is 18.3 Å². The molecule has 0 aromatic carbocycles. The van der Waals surface area contributed by atoms with Crippen LogP contribution < -0.4 is 11.1 Å². The zero-order chi connectivity index (χ0) is 13.7. The lowest BCUT2D eigenvalue weighted by Crippen LogP contribution is -2.38. The Morgan fingerprint density at radius 2 is 2.26 bits per heavy atom. The number of nitrogens with two attached hydrogens (primary N) is 1. The molecule has 1 fully saturated rings. The van der Waals surface area contributed by atoms with Gasteiger partial charge in [0.05, 0.1) is 5.69 Å². The van der Waals surface area contributed by atoms with E-state index in [1.165, 1.54) is 25.7 Å². The molecule has 5 heteroatoms. The van der Waals surface area contributed by atoms with E-state index in [1.54, 1.807) is 18.3 Å². The molecule has 0 atom stereocenters. The lowest BCUT2D eigenvalue weighted by molar-refractivity contribution is 0.0949. The van der Waals surface area contributed by atoms with Crippen LogP contribution in [0, 0.1) is 0 Å². The number of carbonyl (C=O) groups excluding carboxylic acids is 1. The summed E-state index contributed by atoms with van der Waals surface area (Å²) in [5.41, 5.74) is 6.92. The average Bonchev–Trinajstić information content (AvgIpc) is 2.94. The van der Waals surface area contributed by atoms with Gasteiger partial charge in [-0.05, 0) is 31.2 Å². The van der Waals surface area contributed by atoms with Crippen LogP contribution >= 0.6 is 11.8 Å². The van der Waals surface area contributed by atoms with Gasteiger partial charge in [0.2, 0.25) is 0 Å². The summed E-state index contributed by atoms with van der Waals surface area (Å²) in [6, 6.07) is 3.49. The number of aromatic nitrogens is 1. The van der Waals surface area contributed by atoms with E-state index in [0.29, 0.717) is 12.1 Å². The van der Waals surface area contributed by atoms with E-state index >= 15 is 0 Å². The predicted octanol–water partition coefficient (Wildman–Crippen LogP) is 1.95. The molecule has 1 amide bonds. The van der Waals surface area contributed by atoms with Crippen molar-refractivity contribution in [1.82, 2.24) is 10.3 Å². The van der Waals surface area contributed by atoms with Gasteiger partial charge in [-0.1, -0.05) is 12.8 Å². The summed E-state index contributed by atoms with van der Waals surface area (Å²) in [5.74, 6) is -0.0302. The number of hydrogen-bond acceptors (Lipinski definition) is 4. The van der Waals surface area contributed by atoms with Gasteiger partial charge in [0.1, 0.15) is 0 Å². The topological polar surface area (TPSA) is 68.0 Å². The van der Waals surface area contributed by atoms with Crippen LogP contribution in [0.3, 0.4) is 0 Å². The van der Waals surface area contributed by atoms with Crippen molar-refractivity contribution in [1.29, 1.82) is 0 Å². The maximum absolute atomic E-state index is 12.1. The number of nitrogens with one attached hydrogen (secondary N) is 1. The van der Waals surface area contributed by atoms with Crippen LogP contribution in [0.5, 0.6) is 0 Å². The molecule has 0 spiro atoms. The highest BCUT2D eigenvalue weighted by molar-refractivity contribution is 8.00. The first-order valence-electron chi connectivity index (χ1n) is 6.67. The first kappa shape index (κ1) is 14.3. The Kier molecular flexibility index (Phi) is 4.82. The number of rotatable bonds is 5. The molecule has 3 N–H and O–H groups in total. The van der Waals surface area contributed by atoms with E-state index < -0.39 is 0 Å². The number of amides is 1. The fraction of sp³-hybridized carbons (Fsp3) is 0.571. The fourth-order valence-electron chi connectivity index (χ4n) is 2.55. The number of pyridine rings is 1. The van der Waals surface area contributed by atoms with E-state index in [2.05, 4.69) is 16.6 Å². The van der Waals surface area contributed by atoms with E-state index in [1.807, 2.05) is 11.8 Å². The van der Waals surface area contributed by atoms with Gasteiger partial charge >= 0.3 is 0 Å². The molecule has 1 aromatic heterocycles. The lowest BCUT2D eigenvalue weighted by Gasteiger charge is -2.26. The van der Waals surface area contributed by atoms with Crippen LogP contribution in [-0.4, -0.2) is 28.4 Å². The molecular formula is C14H21N3OS. The third kappa shape index (κ3) is 3.48. The van der Waals surface area contributed by atoms with Crippen LogP contribution in [0.25, 0.3) is 0 Å². The van der Waals surface area contributed by atoms with Gasteiger partial charge in [-0.2, -0.15) is 11.8 Å². The second-order valence-corrected chi connectivity index (χ2v) is 6.29. The number of thioether (sulfide) groups is 1. The Hall–Kier alpha value is -1.07. The molecule has 1 aliphatic rings. The normalized spacial score (nSPS) is 17.4. The van der Waals surface area contributed by atoms with E-state index in [-0.39, 0.29) is 10.7 Å². The molecule has 19 heavy (non-hydrogen) atoms. The summed E-state index contributed by atoms with van der Waals surface area (Å²) in [6.45, 7) is 1.10. The molecule has 0 radical (unpaired) electrons. The largest absolute Gasteiger partial charge is 0.351 e. The van der Waals surface area contributed by atoms with Crippen LogP contribution in [0.2, 0.25) is 0 Å². The molecule has 1 aromatic rings. The maximum atomic E-state index is 12.1. The molecule has 4 nitrogen and oxygen atoms in total. The Balaban J connectivity index is 1.97. The van der Waals surface area contributed by atoms with Crippen molar-refractivity contribution in [3.63, 3.8) is 0 Å². The number of nitrogens with zero attached hydrogens (tertiary/aromatic N) is 1. The van der Waals surface area contributed by atoms with E-state index in [9.17, 15) is 4.79 Å². The minimum Gasteiger partial charge on any atom is -0.351 e. The first-order valence-corrected chi connectivity index (χ1v) is 7.90. The zero-order valence-corrected chi connectivity index (χ0v) is 12.1. The Bertz CT molecular complexity index is 444. The van der Waals surface area contributed by atoms with Gasteiger partial charge in [0, 0.05) is 29.6 Å². The minimum absolute atomic E-state index is 0.0302. The highest BCUT2D eigenvalue weighted by Gasteiger charge is 2.33. The highest BCUT2D eigenvalue weighted by Crippen LogP contribution is 2.39. The minimum atomic E-state index is -0.0302. The standard InChI is InChI=1S/C14H21N3OS/c1-19-14(5-2-3-6-14)10-17-13(18)11-4-7-16-12(8-11)9-15/h4,7-8H,2-3,5-6,9-10,15H2,1H3,(H,17,18). The van der Waals surface area contributed by atoms with Crippen LogP contribution in [-0.2, 0) is 6.54 Å². The van der Waals surface area contributed by atoms with Gasteiger partial charge in [0.15, 0.2) is 0 Å². The molecule has 0 aliphatic heterocycles. The van der Waals surface area contributed by atoms with Gasteiger partial charge in [0.25, 0.3) is 5.91 Å². The smallest absolute Gasteiger partial charge is 0.251 e. The molecule has 0 saturated heterocycles. The van der Waals surface area contributed by atoms with Crippen molar-refractivity contribution < 1.29 is 4.79 Å². The lowest BCUT2D eigenvalue weighted by atomic mass is 10.1. The Morgan fingerprint density at radius 1 is 1.53 bits per heavy atom. The van der Waals surface area contributed by atoms with Crippen molar-refractivity contribution in [2.45, 2.75) is 37.0 Å². The zero-order valence-electron chi connectivity index (χ0n) is 11.3. The van der Waals surface area contributed by atoms with Crippen LogP contribution in [0.4, 0.5) is 0 Å². The maximum Gasteiger partial charge on any atom is 0.251 e. The molecule has 0 unspecified atom stereocenters. The van der Waals surface area contributed by atoms with E-state index in [4.69, 9.17) is 5.73 Å². The van der Waals surface area contributed by atoms with Crippen molar-refractivity contribution in [3.8, 4) is 0 Å². The highest BCUT2D eigenvalue weighted by atomic mass is 32.2. The first-order chi connectivity index (χ1) is 9.19.